The third-order valence-electron chi connectivity index (χ3n) is 3.04. The number of hydrogen-bond donors (Lipinski definition) is 2. The lowest BCUT2D eigenvalue weighted by Gasteiger charge is -2.09. The maximum absolute atomic E-state index is 11.7. The number of nitro benzene ring substituents is 1. The third kappa shape index (κ3) is 6.11. The number of carbonyl (C=O) groups excluding carboxylic acids is 2. The van der Waals surface area contributed by atoms with Crippen LogP contribution in [0.15, 0.2) is 48.5 Å². The molecule has 0 aliphatic heterocycles. The Labute approximate surface area is 147 Å². The van der Waals surface area contributed by atoms with Crippen LogP contribution in [0.25, 0.3) is 0 Å². The molecular formula is C16H14ClN3O5. The second-order valence-corrected chi connectivity index (χ2v) is 5.38. The molecule has 9 heteroatoms. The zero-order valence-corrected chi connectivity index (χ0v) is 13.7. The van der Waals surface area contributed by atoms with Gasteiger partial charge in [-0.2, -0.15) is 0 Å². The molecule has 0 spiro atoms. The molecular weight excluding hydrogens is 350 g/mol. The zero-order chi connectivity index (χ0) is 18.2. The van der Waals surface area contributed by atoms with Crippen molar-refractivity contribution in [1.29, 1.82) is 0 Å². The van der Waals surface area contributed by atoms with E-state index in [9.17, 15) is 19.7 Å². The molecule has 130 valence electrons. The molecule has 0 bridgehead atoms. The summed E-state index contributed by atoms with van der Waals surface area (Å²) in [7, 11) is 0. The molecule has 2 amide bonds. The Morgan fingerprint density at radius 1 is 1.00 bits per heavy atom. The lowest BCUT2D eigenvalue weighted by Crippen LogP contribution is -2.44. The highest BCUT2D eigenvalue weighted by molar-refractivity contribution is 6.30. The number of hydrogen-bond acceptors (Lipinski definition) is 5. The van der Waals surface area contributed by atoms with E-state index in [2.05, 4.69) is 10.9 Å². The van der Waals surface area contributed by atoms with E-state index >= 15 is 0 Å². The van der Waals surface area contributed by atoms with Crippen LogP contribution in [0, 0.1) is 10.1 Å². The number of nitrogens with zero attached hydrogens (tertiary/aromatic N) is 1. The van der Waals surface area contributed by atoms with E-state index in [0.29, 0.717) is 16.3 Å². The predicted octanol–water partition coefficient (Wildman–Crippen LogP) is 2.02. The van der Waals surface area contributed by atoms with Gasteiger partial charge in [0.05, 0.1) is 11.3 Å². The number of carbonyl (C=O) groups is 2. The number of hydrazine groups is 1. The fraction of sp³-hybridized carbons (Fsp3) is 0.125. The van der Waals surface area contributed by atoms with Crippen molar-refractivity contribution >= 4 is 29.1 Å². The number of amides is 2. The van der Waals surface area contributed by atoms with Crippen LogP contribution < -0.4 is 15.6 Å². The molecule has 0 aromatic heterocycles. The molecule has 8 nitrogen and oxygen atoms in total. The normalized spacial score (nSPS) is 9.96. The van der Waals surface area contributed by atoms with Crippen molar-refractivity contribution in [2.24, 2.45) is 0 Å². The van der Waals surface area contributed by atoms with Gasteiger partial charge in [-0.3, -0.25) is 30.6 Å². The van der Waals surface area contributed by atoms with E-state index in [1.165, 1.54) is 24.3 Å². The highest BCUT2D eigenvalue weighted by atomic mass is 35.5. The average molecular weight is 364 g/mol. The van der Waals surface area contributed by atoms with Crippen LogP contribution in [0.3, 0.4) is 0 Å². The maximum Gasteiger partial charge on any atom is 0.276 e. The van der Waals surface area contributed by atoms with Gasteiger partial charge in [0.1, 0.15) is 5.75 Å². The molecule has 0 heterocycles. The van der Waals surface area contributed by atoms with Crippen molar-refractivity contribution in [3.05, 3.63) is 69.2 Å². The van der Waals surface area contributed by atoms with Crippen molar-refractivity contribution < 1.29 is 19.2 Å². The Balaban J connectivity index is 1.72. The van der Waals surface area contributed by atoms with Gasteiger partial charge in [-0.15, -0.1) is 0 Å². The third-order valence-corrected chi connectivity index (χ3v) is 3.29. The molecule has 2 aromatic rings. The summed E-state index contributed by atoms with van der Waals surface area (Å²) in [6, 6.07) is 12.0. The molecule has 0 aliphatic rings. The molecule has 0 atom stereocenters. The molecule has 0 saturated heterocycles. The standard InChI is InChI=1S/C16H14ClN3O5/c17-12-3-7-14(8-4-12)25-10-16(22)19-18-15(21)9-11-1-5-13(6-2-11)20(23)24/h1-8H,9-10H2,(H,18,21)(H,19,22). The SMILES string of the molecule is O=C(COc1ccc(Cl)cc1)NNC(=O)Cc1ccc([N+](=O)[O-])cc1. The predicted molar refractivity (Wildman–Crippen MR) is 90.0 cm³/mol. The number of nitro groups is 1. The minimum absolute atomic E-state index is 0.0314. The van der Waals surface area contributed by atoms with Crippen molar-refractivity contribution in [3.63, 3.8) is 0 Å². The van der Waals surface area contributed by atoms with Crippen LogP contribution in [0.5, 0.6) is 5.75 Å². The number of nitrogens with one attached hydrogen (secondary N) is 2. The van der Waals surface area contributed by atoms with Crippen molar-refractivity contribution in [3.8, 4) is 5.75 Å². The lowest BCUT2D eigenvalue weighted by molar-refractivity contribution is -0.384. The van der Waals surface area contributed by atoms with Gasteiger partial charge in [-0.1, -0.05) is 23.7 Å². The number of ether oxygens (including phenoxy) is 1. The second-order valence-electron chi connectivity index (χ2n) is 4.94. The molecule has 0 saturated carbocycles. The highest BCUT2D eigenvalue weighted by Gasteiger charge is 2.09. The first kappa shape index (κ1) is 18.2. The summed E-state index contributed by atoms with van der Waals surface area (Å²) < 4.78 is 5.22. The summed E-state index contributed by atoms with van der Waals surface area (Å²) in [5.74, 6) is -0.530. The van der Waals surface area contributed by atoms with Crippen LogP contribution in [0.1, 0.15) is 5.56 Å². The van der Waals surface area contributed by atoms with Gasteiger partial charge < -0.3 is 4.74 Å². The number of halogens is 1. The van der Waals surface area contributed by atoms with E-state index in [-0.39, 0.29) is 18.7 Å². The van der Waals surface area contributed by atoms with E-state index in [1.54, 1.807) is 24.3 Å². The zero-order valence-electron chi connectivity index (χ0n) is 12.9. The smallest absolute Gasteiger partial charge is 0.276 e. The fourth-order valence-electron chi connectivity index (χ4n) is 1.82. The van der Waals surface area contributed by atoms with Crippen molar-refractivity contribution in [2.45, 2.75) is 6.42 Å². The first-order chi connectivity index (χ1) is 11.9. The van der Waals surface area contributed by atoms with Gasteiger partial charge in [0, 0.05) is 17.2 Å². The van der Waals surface area contributed by atoms with Gasteiger partial charge in [0.2, 0.25) is 5.91 Å². The van der Waals surface area contributed by atoms with E-state index in [0.717, 1.165) is 0 Å². The number of benzene rings is 2. The van der Waals surface area contributed by atoms with Crippen LogP contribution in [0.4, 0.5) is 5.69 Å². The summed E-state index contributed by atoms with van der Waals surface area (Å²) >= 11 is 5.73. The molecule has 2 aromatic carbocycles. The molecule has 2 rings (SSSR count). The van der Waals surface area contributed by atoms with Gasteiger partial charge >= 0.3 is 0 Å². The van der Waals surface area contributed by atoms with E-state index in [1.807, 2.05) is 0 Å². The minimum atomic E-state index is -0.535. The van der Waals surface area contributed by atoms with E-state index in [4.69, 9.17) is 16.3 Å². The van der Waals surface area contributed by atoms with Crippen molar-refractivity contribution in [2.75, 3.05) is 6.61 Å². The van der Waals surface area contributed by atoms with Crippen LogP contribution in [-0.4, -0.2) is 23.3 Å². The Bertz CT molecular complexity index is 762. The fourth-order valence-corrected chi connectivity index (χ4v) is 1.95. The quantitative estimate of drug-likeness (QED) is 0.602. The molecule has 2 N–H and O–H groups in total. The molecule has 0 unspecified atom stereocenters. The van der Waals surface area contributed by atoms with Crippen LogP contribution in [-0.2, 0) is 16.0 Å². The topological polar surface area (TPSA) is 111 Å². The first-order valence-electron chi connectivity index (χ1n) is 7.13. The Morgan fingerprint density at radius 2 is 1.60 bits per heavy atom. The van der Waals surface area contributed by atoms with Gasteiger partial charge in [-0.25, -0.2) is 0 Å². The second kappa shape index (κ2) is 8.65. The molecule has 0 aliphatic carbocycles. The Hall–Kier alpha value is -3.13. The van der Waals surface area contributed by atoms with Gasteiger partial charge in [0.25, 0.3) is 11.6 Å². The largest absolute Gasteiger partial charge is 0.484 e. The summed E-state index contributed by atoms with van der Waals surface area (Å²) in [6.45, 7) is -0.278. The molecule has 25 heavy (non-hydrogen) atoms. The summed E-state index contributed by atoms with van der Waals surface area (Å²) in [5.41, 5.74) is 4.98. The number of rotatable bonds is 6. The average Bonchev–Trinajstić information content (AvgIpc) is 2.60. The summed E-state index contributed by atoms with van der Waals surface area (Å²) in [4.78, 5) is 33.4. The number of non-ortho nitro benzene ring substituents is 1. The first-order valence-corrected chi connectivity index (χ1v) is 7.51. The molecule has 0 radical (unpaired) electrons. The van der Waals surface area contributed by atoms with Crippen molar-refractivity contribution in [1.82, 2.24) is 10.9 Å². The van der Waals surface area contributed by atoms with E-state index < -0.39 is 16.7 Å². The molecule has 0 fully saturated rings. The summed E-state index contributed by atoms with van der Waals surface area (Å²) in [6.07, 6.45) is -0.0314. The Morgan fingerprint density at radius 3 is 2.20 bits per heavy atom. The highest BCUT2D eigenvalue weighted by Crippen LogP contribution is 2.15. The van der Waals surface area contributed by atoms with Crippen LogP contribution >= 0.6 is 11.6 Å². The monoisotopic (exact) mass is 363 g/mol. The van der Waals surface area contributed by atoms with Gasteiger partial charge in [-0.05, 0) is 29.8 Å². The minimum Gasteiger partial charge on any atom is -0.484 e. The van der Waals surface area contributed by atoms with Gasteiger partial charge in [0.15, 0.2) is 6.61 Å². The summed E-state index contributed by atoms with van der Waals surface area (Å²) in [5, 5.41) is 11.1. The van der Waals surface area contributed by atoms with Crippen LogP contribution in [0.2, 0.25) is 5.02 Å². The lowest BCUT2D eigenvalue weighted by atomic mass is 10.1. The Kier molecular flexibility index (Phi) is 6.30. The maximum atomic E-state index is 11.7.